The summed E-state index contributed by atoms with van der Waals surface area (Å²) >= 11 is 0. The molecule has 1 saturated heterocycles. The molecule has 1 aliphatic heterocycles. The summed E-state index contributed by atoms with van der Waals surface area (Å²) in [6.07, 6.45) is 0. The second-order valence-electron chi connectivity index (χ2n) is 6.24. The molecule has 19 heavy (non-hydrogen) atoms. The maximum atomic E-state index is 12.3. The van der Waals surface area contributed by atoms with Crippen LogP contribution in [-0.2, 0) is 15.7 Å². The van der Waals surface area contributed by atoms with Gasteiger partial charge in [-0.05, 0) is 20.8 Å². The molecule has 1 aliphatic rings. The van der Waals surface area contributed by atoms with Crippen LogP contribution in [0.4, 0.5) is 0 Å². The summed E-state index contributed by atoms with van der Waals surface area (Å²) in [4.78, 5) is 0. The summed E-state index contributed by atoms with van der Waals surface area (Å²) in [6.45, 7) is 10.8. The molecular formula is C12H21N3O3S. The minimum Gasteiger partial charge on any atom is -0.424 e. The van der Waals surface area contributed by atoms with E-state index in [2.05, 4.69) is 21.8 Å². The lowest BCUT2D eigenvalue weighted by atomic mass is 9.81. The van der Waals surface area contributed by atoms with E-state index in [1.165, 1.54) is 0 Å². The number of hydrogen-bond donors (Lipinski definition) is 1. The highest BCUT2D eigenvalue weighted by molar-refractivity contribution is 7.84. The van der Waals surface area contributed by atoms with Gasteiger partial charge in [-0.15, -0.1) is 10.2 Å². The first-order valence-corrected chi connectivity index (χ1v) is 7.43. The molecule has 0 saturated carbocycles. The fourth-order valence-electron chi connectivity index (χ4n) is 1.79. The minimum absolute atomic E-state index is 0.167. The van der Waals surface area contributed by atoms with Gasteiger partial charge in [-0.2, -0.15) is 0 Å². The van der Waals surface area contributed by atoms with Crippen molar-refractivity contribution in [2.45, 2.75) is 45.4 Å². The van der Waals surface area contributed by atoms with Gasteiger partial charge in [0.05, 0.1) is 28.9 Å². The van der Waals surface area contributed by atoms with E-state index in [-0.39, 0.29) is 16.2 Å². The number of nitrogens with zero attached hydrogens (tertiary/aromatic N) is 2. The summed E-state index contributed by atoms with van der Waals surface area (Å²) in [5.74, 6) is 0.980. The van der Waals surface area contributed by atoms with Crippen LogP contribution in [0.2, 0.25) is 0 Å². The average molecular weight is 287 g/mol. The van der Waals surface area contributed by atoms with Crippen molar-refractivity contribution in [1.29, 1.82) is 0 Å². The minimum atomic E-state index is -1.21. The summed E-state index contributed by atoms with van der Waals surface area (Å²) in [7, 11) is -1.21. The van der Waals surface area contributed by atoms with E-state index in [4.69, 9.17) is 9.15 Å². The summed E-state index contributed by atoms with van der Waals surface area (Å²) in [5.41, 5.74) is -0.167. The van der Waals surface area contributed by atoms with Crippen LogP contribution in [0, 0.1) is 12.3 Å². The summed E-state index contributed by atoms with van der Waals surface area (Å²) in [6, 6.07) is -0.262. The third-order valence-electron chi connectivity index (χ3n) is 3.13. The lowest BCUT2D eigenvalue weighted by Crippen LogP contribution is -2.51. The fourth-order valence-corrected chi connectivity index (χ4v) is 2.75. The van der Waals surface area contributed by atoms with Crippen molar-refractivity contribution in [2.24, 2.45) is 5.41 Å². The standard InChI is InChI=1S/C12H21N3O3S/c1-8-13-14-10(18-8)9(12(5)6-17-7-12)15-19(16)11(2,3)4/h9,15H,6-7H2,1-5H3/t9-,19-/m0/s1. The van der Waals surface area contributed by atoms with Gasteiger partial charge in [-0.1, -0.05) is 6.92 Å². The lowest BCUT2D eigenvalue weighted by Gasteiger charge is -2.43. The molecule has 1 N–H and O–H groups in total. The Kier molecular flexibility index (Phi) is 3.81. The molecular weight excluding hydrogens is 266 g/mol. The maximum Gasteiger partial charge on any atom is 0.235 e. The highest BCUT2D eigenvalue weighted by Gasteiger charge is 2.46. The Morgan fingerprint density at radius 3 is 2.37 bits per heavy atom. The van der Waals surface area contributed by atoms with E-state index in [0.717, 1.165) is 0 Å². The summed E-state index contributed by atoms with van der Waals surface area (Å²) < 4.78 is 25.9. The van der Waals surface area contributed by atoms with Gasteiger partial charge in [0.25, 0.3) is 0 Å². The van der Waals surface area contributed by atoms with Crippen LogP contribution in [0.15, 0.2) is 4.42 Å². The molecule has 1 aromatic rings. The first-order chi connectivity index (χ1) is 8.72. The first-order valence-electron chi connectivity index (χ1n) is 6.28. The Morgan fingerprint density at radius 1 is 1.37 bits per heavy atom. The predicted octanol–water partition coefficient (Wildman–Crippen LogP) is 1.51. The van der Waals surface area contributed by atoms with E-state index in [1.54, 1.807) is 6.92 Å². The molecule has 1 fully saturated rings. The highest BCUT2D eigenvalue weighted by atomic mass is 32.2. The smallest absolute Gasteiger partial charge is 0.235 e. The van der Waals surface area contributed by atoms with Crippen molar-refractivity contribution in [2.75, 3.05) is 13.2 Å². The van der Waals surface area contributed by atoms with Gasteiger partial charge in [0, 0.05) is 12.3 Å². The second kappa shape index (κ2) is 4.96. The third kappa shape index (κ3) is 3.04. The topological polar surface area (TPSA) is 77.2 Å². The maximum absolute atomic E-state index is 12.3. The van der Waals surface area contributed by atoms with Crippen LogP contribution < -0.4 is 4.72 Å². The lowest BCUT2D eigenvalue weighted by molar-refractivity contribution is -0.122. The van der Waals surface area contributed by atoms with Crippen LogP contribution >= 0.6 is 0 Å². The van der Waals surface area contributed by atoms with Crippen molar-refractivity contribution in [3.05, 3.63) is 11.8 Å². The molecule has 0 bridgehead atoms. The molecule has 0 aromatic carbocycles. The number of hydrogen-bond acceptors (Lipinski definition) is 5. The Bertz CT molecular complexity index is 477. The van der Waals surface area contributed by atoms with Gasteiger partial charge in [-0.25, -0.2) is 8.93 Å². The molecule has 1 aromatic heterocycles. The zero-order valence-corrected chi connectivity index (χ0v) is 12.8. The van der Waals surface area contributed by atoms with E-state index in [0.29, 0.717) is 25.0 Å². The molecule has 2 heterocycles. The Labute approximate surface area is 115 Å². The molecule has 0 unspecified atom stereocenters. The Balaban J connectivity index is 2.23. The third-order valence-corrected chi connectivity index (χ3v) is 4.69. The molecule has 0 aliphatic carbocycles. The largest absolute Gasteiger partial charge is 0.424 e. The molecule has 108 valence electrons. The number of rotatable bonds is 4. The number of ether oxygens (including phenoxy) is 1. The molecule has 0 amide bonds. The number of aromatic nitrogens is 2. The monoisotopic (exact) mass is 287 g/mol. The van der Waals surface area contributed by atoms with Gasteiger partial charge in [0.1, 0.15) is 6.04 Å². The van der Waals surface area contributed by atoms with E-state index >= 15 is 0 Å². The molecule has 6 nitrogen and oxygen atoms in total. The zero-order chi connectivity index (χ0) is 14.3. The van der Waals surface area contributed by atoms with Crippen molar-refractivity contribution in [3.8, 4) is 0 Å². The van der Waals surface area contributed by atoms with Crippen LogP contribution in [0.25, 0.3) is 0 Å². The van der Waals surface area contributed by atoms with Crippen molar-refractivity contribution >= 4 is 11.0 Å². The quantitative estimate of drug-likeness (QED) is 0.908. The van der Waals surface area contributed by atoms with E-state index in [1.807, 2.05) is 20.8 Å². The van der Waals surface area contributed by atoms with Crippen LogP contribution in [-0.4, -0.2) is 32.4 Å². The normalized spacial score (nSPS) is 21.7. The Morgan fingerprint density at radius 2 is 2.00 bits per heavy atom. The molecule has 2 atom stereocenters. The van der Waals surface area contributed by atoms with Gasteiger partial charge in [-0.3, -0.25) is 0 Å². The van der Waals surface area contributed by atoms with E-state index in [9.17, 15) is 4.21 Å². The van der Waals surface area contributed by atoms with Crippen molar-refractivity contribution in [3.63, 3.8) is 0 Å². The molecule has 0 radical (unpaired) electrons. The van der Waals surface area contributed by atoms with Gasteiger partial charge < -0.3 is 9.15 Å². The first kappa shape index (κ1) is 14.6. The van der Waals surface area contributed by atoms with E-state index < -0.39 is 11.0 Å². The predicted molar refractivity (Wildman–Crippen MR) is 71.7 cm³/mol. The SMILES string of the molecule is Cc1nnc([C@H](N[S@@](=O)C(C)(C)C)C2(C)COC2)o1. The molecule has 0 spiro atoms. The van der Waals surface area contributed by atoms with Gasteiger partial charge in [0.15, 0.2) is 0 Å². The van der Waals surface area contributed by atoms with Crippen molar-refractivity contribution < 1.29 is 13.4 Å². The van der Waals surface area contributed by atoms with Gasteiger partial charge in [0.2, 0.25) is 11.8 Å². The van der Waals surface area contributed by atoms with Crippen molar-refractivity contribution in [1.82, 2.24) is 14.9 Å². The number of aryl methyl sites for hydroxylation is 1. The summed E-state index contributed by atoms with van der Waals surface area (Å²) in [5, 5.41) is 7.91. The second-order valence-corrected chi connectivity index (χ2v) is 8.24. The van der Waals surface area contributed by atoms with Crippen LogP contribution in [0.1, 0.15) is 45.5 Å². The number of nitrogens with one attached hydrogen (secondary N) is 1. The van der Waals surface area contributed by atoms with Crippen LogP contribution in [0.5, 0.6) is 0 Å². The van der Waals surface area contributed by atoms with Crippen LogP contribution in [0.3, 0.4) is 0 Å². The average Bonchev–Trinajstić information content (AvgIpc) is 2.67. The van der Waals surface area contributed by atoms with Gasteiger partial charge >= 0.3 is 0 Å². The zero-order valence-electron chi connectivity index (χ0n) is 12.0. The molecule has 2 rings (SSSR count). The Hall–Kier alpha value is -0.790. The highest BCUT2D eigenvalue weighted by Crippen LogP contribution is 2.40. The molecule has 7 heteroatoms. The fraction of sp³-hybridized carbons (Fsp3) is 0.833.